The fourth-order valence-electron chi connectivity index (χ4n) is 3.91. The fraction of sp³-hybridized carbons (Fsp3) is 0.286. The smallest absolute Gasteiger partial charge is 0.273 e. The minimum absolute atomic E-state index is 0.0724. The summed E-state index contributed by atoms with van der Waals surface area (Å²) in [6.07, 6.45) is 0.0376. The van der Waals surface area contributed by atoms with E-state index in [1.165, 1.54) is 11.0 Å². The molecule has 37 heavy (non-hydrogen) atoms. The van der Waals surface area contributed by atoms with Gasteiger partial charge in [-0.3, -0.25) is 19.7 Å². The number of nitro benzene ring substituents is 1. The highest BCUT2D eigenvalue weighted by atomic mass is 35.5. The largest absolute Gasteiger partial charge is 0.354 e. The lowest BCUT2D eigenvalue weighted by atomic mass is 10.0. The summed E-state index contributed by atoms with van der Waals surface area (Å²) in [5.41, 5.74) is 1.69. The Hall–Kier alpha value is -3.42. The number of nitro groups is 1. The van der Waals surface area contributed by atoms with Gasteiger partial charge in [-0.15, -0.1) is 0 Å². The van der Waals surface area contributed by atoms with E-state index in [4.69, 9.17) is 23.2 Å². The van der Waals surface area contributed by atoms with Gasteiger partial charge in [-0.1, -0.05) is 91.6 Å². The molecule has 9 heteroatoms. The summed E-state index contributed by atoms with van der Waals surface area (Å²) in [7, 11) is 0. The molecule has 7 nitrogen and oxygen atoms in total. The number of benzene rings is 3. The second-order valence-corrected chi connectivity index (χ2v) is 9.99. The molecule has 2 amide bonds. The van der Waals surface area contributed by atoms with Crippen molar-refractivity contribution in [3.63, 3.8) is 0 Å². The number of carbonyl (C=O) groups excluding carboxylic acids is 2. The molecule has 0 aromatic heterocycles. The normalized spacial score (nSPS) is 11.7. The third-order valence-corrected chi connectivity index (χ3v) is 6.56. The number of rotatable bonds is 11. The average Bonchev–Trinajstić information content (AvgIpc) is 2.87. The molecule has 0 unspecified atom stereocenters. The van der Waals surface area contributed by atoms with E-state index < -0.39 is 16.9 Å². The standard InChI is InChI=1S/C28H29Cl2N3O4/c1-19(2)17-31-28(35)26(15-20-8-4-3-5-9-20)32(18-21-12-13-23(29)24(30)14-21)27(34)16-22-10-6-7-11-25(22)33(36)37/h3-14,19,26H,15-18H2,1-2H3,(H,31,35)/t26-/m0/s1. The number of para-hydroxylation sites is 1. The molecule has 194 valence electrons. The van der Waals surface area contributed by atoms with Crippen LogP contribution in [0.2, 0.25) is 10.0 Å². The van der Waals surface area contributed by atoms with Crippen molar-refractivity contribution >= 4 is 40.7 Å². The van der Waals surface area contributed by atoms with Crippen LogP contribution in [-0.4, -0.2) is 34.2 Å². The summed E-state index contributed by atoms with van der Waals surface area (Å²) in [4.78, 5) is 39.8. The monoisotopic (exact) mass is 541 g/mol. The highest BCUT2D eigenvalue weighted by molar-refractivity contribution is 6.42. The van der Waals surface area contributed by atoms with E-state index in [2.05, 4.69) is 5.32 Å². The number of hydrogen-bond acceptors (Lipinski definition) is 4. The Kier molecular flexibility index (Phi) is 10.1. The summed E-state index contributed by atoms with van der Waals surface area (Å²) >= 11 is 12.3. The first-order valence-electron chi connectivity index (χ1n) is 11.9. The van der Waals surface area contributed by atoms with E-state index in [-0.39, 0.29) is 42.5 Å². The van der Waals surface area contributed by atoms with Crippen molar-refractivity contribution in [3.05, 3.63) is 110 Å². The summed E-state index contributed by atoms with van der Waals surface area (Å²) in [6, 6.07) is 19.7. The molecule has 0 radical (unpaired) electrons. The minimum atomic E-state index is -0.856. The number of carbonyl (C=O) groups is 2. The van der Waals surface area contributed by atoms with Crippen molar-refractivity contribution in [2.75, 3.05) is 6.54 Å². The van der Waals surface area contributed by atoms with Gasteiger partial charge in [0.05, 0.1) is 21.4 Å². The SMILES string of the molecule is CC(C)CNC(=O)[C@H](Cc1ccccc1)N(Cc1ccc(Cl)c(Cl)c1)C(=O)Cc1ccccc1[N+](=O)[O-]. The molecule has 1 atom stereocenters. The molecule has 0 aliphatic carbocycles. The van der Waals surface area contributed by atoms with Gasteiger partial charge in [0.15, 0.2) is 0 Å². The van der Waals surface area contributed by atoms with Crippen molar-refractivity contribution < 1.29 is 14.5 Å². The van der Waals surface area contributed by atoms with Crippen LogP contribution in [0.3, 0.4) is 0 Å². The number of nitrogens with one attached hydrogen (secondary N) is 1. The van der Waals surface area contributed by atoms with Crippen LogP contribution in [0.5, 0.6) is 0 Å². The maximum absolute atomic E-state index is 13.8. The van der Waals surface area contributed by atoms with Crippen LogP contribution in [0.1, 0.15) is 30.5 Å². The van der Waals surface area contributed by atoms with Crippen molar-refractivity contribution in [1.82, 2.24) is 10.2 Å². The predicted octanol–water partition coefficient (Wildman–Crippen LogP) is 5.86. The quantitative estimate of drug-likeness (QED) is 0.243. The van der Waals surface area contributed by atoms with Crippen molar-refractivity contribution in [2.45, 2.75) is 39.3 Å². The van der Waals surface area contributed by atoms with E-state index >= 15 is 0 Å². The molecule has 0 bridgehead atoms. The summed E-state index contributed by atoms with van der Waals surface area (Å²) in [6.45, 7) is 4.49. The molecule has 3 rings (SSSR count). The molecule has 0 saturated heterocycles. The molecule has 3 aromatic carbocycles. The molecule has 0 aliphatic rings. The number of amides is 2. The lowest BCUT2D eigenvalue weighted by Crippen LogP contribution is -2.51. The highest BCUT2D eigenvalue weighted by Crippen LogP contribution is 2.25. The van der Waals surface area contributed by atoms with Crippen LogP contribution < -0.4 is 5.32 Å². The van der Waals surface area contributed by atoms with Crippen molar-refractivity contribution in [2.24, 2.45) is 5.92 Å². The van der Waals surface area contributed by atoms with Crippen LogP contribution in [0.4, 0.5) is 5.69 Å². The minimum Gasteiger partial charge on any atom is -0.354 e. The summed E-state index contributed by atoms with van der Waals surface area (Å²) < 4.78 is 0. The lowest BCUT2D eigenvalue weighted by molar-refractivity contribution is -0.385. The average molecular weight is 542 g/mol. The van der Waals surface area contributed by atoms with Crippen LogP contribution in [-0.2, 0) is 29.0 Å². The van der Waals surface area contributed by atoms with Crippen LogP contribution >= 0.6 is 23.2 Å². The molecule has 0 heterocycles. The Labute approximate surface area is 226 Å². The third-order valence-electron chi connectivity index (χ3n) is 5.82. The molecular weight excluding hydrogens is 513 g/mol. The van der Waals surface area contributed by atoms with Gasteiger partial charge >= 0.3 is 0 Å². The predicted molar refractivity (Wildman–Crippen MR) is 146 cm³/mol. The van der Waals surface area contributed by atoms with E-state index in [1.807, 2.05) is 44.2 Å². The molecular formula is C28H29Cl2N3O4. The van der Waals surface area contributed by atoms with E-state index in [0.717, 1.165) is 5.56 Å². The van der Waals surface area contributed by atoms with Gasteiger partial charge in [-0.25, -0.2) is 0 Å². The van der Waals surface area contributed by atoms with Gasteiger partial charge in [-0.05, 0) is 29.2 Å². The molecule has 3 aromatic rings. The van der Waals surface area contributed by atoms with Crippen LogP contribution in [0.15, 0.2) is 72.8 Å². The summed E-state index contributed by atoms with van der Waals surface area (Å²) in [5.74, 6) is -0.498. The van der Waals surface area contributed by atoms with Crippen LogP contribution in [0, 0.1) is 16.0 Å². The molecule has 0 fully saturated rings. The summed E-state index contributed by atoms with van der Waals surface area (Å²) in [5, 5.41) is 15.2. The zero-order valence-electron chi connectivity index (χ0n) is 20.7. The Morgan fingerprint density at radius 3 is 2.27 bits per heavy atom. The third kappa shape index (κ3) is 8.03. The Balaban J connectivity index is 2.02. The lowest BCUT2D eigenvalue weighted by Gasteiger charge is -2.32. The first-order valence-corrected chi connectivity index (χ1v) is 12.7. The highest BCUT2D eigenvalue weighted by Gasteiger charge is 2.31. The van der Waals surface area contributed by atoms with Gasteiger partial charge in [0.2, 0.25) is 11.8 Å². The molecule has 0 spiro atoms. The topological polar surface area (TPSA) is 92.6 Å². The van der Waals surface area contributed by atoms with E-state index in [0.29, 0.717) is 22.2 Å². The zero-order valence-corrected chi connectivity index (χ0v) is 22.2. The van der Waals surface area contributed by atoms with Gasteiger partial charge in [0, 0.05) is 31.1 Å². The maximum atomic E-state index is 13.8. The van der Waals surface area contributed by atoms with Crippen molar-refractivity contribution in [1.29, 1.82) is 0 Å². The first kappa shape index (κ1) is 28.2. The first-order chi connectivity index (χ1) is 17.7. The Bertz CT molecular complexity index is 1250. The van der Waals surface area contributed by atoms with Crippen molar-refractivity contribution in [3.8, 4) is 0 Å². The maximum Gasteiger partial charge on any atom is 0.273 e. The number of nitrogens with zero attached hydrogens (tertiary/aromatic N) is 2. The fourth-order valence-corrected chi connectivity index (χ4v) is 4.23. The Morgan fingerprint density at radius 2 is 1.62 bits per heavy atom. The molecule has 0 saturated carbocycles. The Morgan fingerprint density at radius 1 is 0.946 bits per heavy atom. The van der Waals surface area contributed by atoms with Crippen LogP contribution in [0.25, 0.3) is 0 Å². The van der Waals surface area contributed by atoms with Gasteiger partial charge < -0.3 is 10.2 Å². The van der Waals surface area contributed by atoms with Gasteiger partial charge in [-0.2, -0.15) is 0 Å². The van der Waals surface area contributed by atoms with Gasteiger partial charge in [0.1, 0.15) is 6.04 Å². The van der Waals surface area contributed by atoms with E-state index in [9.17, 15) is 19.7 Å². The number of hydrogen-bond donors (Lipinski definition) is 1. The second-order valence-electron chi connectivity index (χ2n) is 9.18. The molecule has 0 aliphatic heterocycles. The van der Waals surface area contributed by atoms with E-state index in [1.54, 1.807) is 36.4 Å². The zero-order chi connectivity index (χ0) is 26.9. The number of halogens is 2. The second kappa shape index (κ2) is 13.2. The van der Waals surface area contributed by atoms with Gasteiger partial charge in [0.25, 0.3) is 5.69 Å². The molecule has 1 N–H and O–H groups in total.